The van der Waals surface area contributed by atoms with Gasteiger partial charge in [0.15, 0.2) is 5.69 Å². The van der Waals surface area contributed by atoms with Crippen LogP contribution in [0.3, 0.4) is 0 Å². The van der Waals surface area contributed by atoms with Crippen molar-refractivity contribution < 1.29 is 9.42 Å². The first-order valence-corrected chi connectivity index (χ1v) is 10.6. The number of rotatable bonds is 7. The standard InChI is InChI=1S/C19H16ClN9O2S/c1-11(12-6-8-22-9-7-12)23-25-19(30)16-15(10-32-14-4-2-13(20)3-5-14)29(28-24-16)18-17(21)26-31-27-18/h2-9H,10H2,1H3,(H2,21,26)(H,25,30)/b23-11-. The lowest BCUT2D eigenvalue weighted by Crippen LogP contribution is -2.21. The number of benzene rings is 1. The molecule has 0 unspecified atom stereocenters. The number of nitrogen functional groups attached to an aromatic ring is 1. The summed E-state index contributed by atoms with van der Waals surface area (Å²) in [5.41, 5.74) is 10.3. The summed E-state index contributed by atoms with van der Waals surface area (Å²) in [4.78, 5) is 17.8. The summed E-state index contributed by atoms with van der Waals surface area (Å²) in [5.74, 6) is -0.0474. The van der Waals surface area contributed by atoms with Crippen molar-refractivity contribution in [3.8, 4) is 5.82 Å². The van der Waals surface area contributed by atoms with Gasteiger partial charge in [0, 0.05) is 33.6 Å². The number of amides is 1. The lowest BCUT2D eigenvalue weighted by molar-refractivity contribution is 0.0949. The van der Waals surface area contributed by atoms with Crippen LogP contribution in [0.5, 0.6) is 0 Å². The van der Waals surface area contributed by atoms with Crippen LogP contribution in [0, 0.1) is 0 Å². The fourth-order valence-corrected chi connectivity index (χ4v) is 3.66. The fourth-order valence-electron chi connectivity index (χ4n) is 2.64. The molecule has 3 N–H and O–H groups in total. The zero-order chi connectivity index (χ0) is 22.5. The minimum absolute atomic E-state index is 0.0196. The van der Waals surface area contributed by atoms with Crippen LogP contribution in [0.4, 0.5) is 5.82 Å². The van der Waals surface area contributed by atoms with Gasteiger partial charge in [-0.25, -0.2) is 10.1 Å². The molecular weight excluding hydrogens is 454 g/mol. The van der Waals surface area contributed by atoms with Crippen LogP contribution in [-0.4, -0.2) is 41.9 Å². The smallest absolute Gasteiger partial charge is 0.293 e. The molecule has 0 saturated carbocycles. The Kier molecular flexibility index (Phi) is 6.42. The molecule has 0 spiro atoms. The molecule has 13 heteroatoms. The van der Waals surface area contributed by atoms with E-state index in [4.69, 9.17) is 17.3 Å². The number of anilines is 1. The van der Waals surface area contributed by atoms with E-state index in [2.05, 4.69) is 40.8 Å². The van der Waals surface area contributed by atoms with Gasteiger partial charge in [-0.05, 0) is 53.6 Å². The minimum Gasteiger partial charge on any atom is -0.378 e. The molecule has 0 bridgehead atoms. The van der Waals surface area contributed by atoms with Crippen LogP contribution >= 0.6 is 23.4 Å². The van der Waals surface area contributed by atoms with Crippen LogP contribution in [0.15, 0.2) is 63.4 Å². The molecule has 4 aromatic rings. The molecule has 1 aromatic carbocycles. The predicted molar refractivity (Wildman–Crippen MR) is 119 cm³/mol. The molecule has 0 aliphatic rings. The number of nitrogens with one attached hydrogen (secondary N) is 1. The Morgan fingerprint density at radius 1 is 1.22 bits per heavy atom. The van der Waals surface area contributed by atoms with Crippen LogP contribution in [-0.2, 0) is 5.75 Å². The summed E-state index contributed by atoms with van der Waals surface area (Å²) >= 11 is 7.41. The van der Waals surface area contributed by atoms with Gasteiger partial charge in [0.05, 0.1) is 11.4 Å². The molecule has 0 aliphatic carbocycles. The first-order valence-electron chi connectivity index (χ1n) is 9.19. The molecule has 0 fully saturated rings. The van der Waals surface area contributed by atoms with Crippen molar-refractivity contribution in [2.24, 2.45) is 5.10 Å². The van der Waals surface area contributed by atoms with E-state index >= 15 is 0 Å². The summed E-state index contributed by atoms with van der Waals surface area (Å²) in [6.45, 7) is 1.77. The third-order valence-electron chi connectivity index (χ3n) is 4.29. The quantitative estimate of drug-likeness (QED) is 0.236. The number of aromatic nitrogens is 6. The average Bonchev–Trinajstić information content (AvgIpc) is 3.43. The zero-order valence-corrected chi connectivity index (χ0v) is 18.2. The average molecular weight is 470 g/mol. The predicted octanol–water partition coefficient (Wildman–Crippen LogP) is 2.73. The molecule has 32 heavy (non-hydrogen) atoms. The molecular formula is C19H16ClN9O2S. The minimum atomic E-state index is -0.536. The first-order chi connectivity index (χ1) is 15.5. The van der Waals surface area contributed by atoms with Gasteiger partial charge in [0.25, 0.3) is 5.91 Å². The Morgan fingerprint density at radius 2 is 1.97 bits per heavy atom. The van der Waals surface area contributed by atoms with Crippen molar-refractivity contribution in [1.82, 2.24) is 35.7 Å². The highest BCUT2D eigenvalue weighted by molar-refractivity contribution is 7.98. The van der Waals surface area contributed by atoms with Crippen molar-refractivity contribution in [3.63, 3.8) is 0 Å². The van der Waals surface area contributed by atoms with E-state index in [0.717, 1.165) is 10.5 Å². The fraction of sp³-hybridized carbons (Fsp3) is 0.105. The van der Waals surface area contributed by atoms with Gasteiger partial charge in [0.1, 0.15) is 0 Å². The summed E-state index contributed by atoms with van der Waals surface area (Å²) in [7, 11) is 0. The Morgan fingerprint density at radius 3 is 2.66 bits per heavy atom. The van der Waals surface area contributed by atoms with Crippen LogP contribution < -0.4 is 11.2 Å². The Balaban J connectivity index is 1.60. The highest BCUT2D eigenvalue weighted by Crippen LogP contribution is 2.27. The second-order valence-electron chi connectivity index (χ2n) is 6.39. The number of carbonyl (C=O) groups excluding carboxylic acids is 1. The Hall–Kier alpha value is -3.77. The third-order valence-corrected chi connectivity index (χ3v) is 5.56. The Bertz CT molecular complexity index is 1260. The number of carbonyl (C=O) groups is 1. The summed E-state index contributed by atoms with van der Waals surface area (Å²) in [6, 6.07) is 10.9. The van der Waals surface area contributed by atoms with Crippen LogP contribution in [0.2, 0.25) is 5.02 Å². The number of halogens is 1. The maximum Gasteiger partial charge on any atom is 0.293 e. The molecule has 1 amide bonds. The molecule has 4 rings (SSSR count). The first kappa shape index (κ1) is 21.5. The molecule has 0 atom stereocenters. The van der Waals surface area contributed by atoms with E-state index in [1.54, 1.807) is 43.6 Å². The molecule has 3 heterocycles. The van der Waals surface area contributed by atoms with Gasteiger partial charge in [-0.2, -0.15) is 9.78 Å². The van der Waals surface area contributed by atoms with E-state index in [1.807, 2.05) is 12.1 Å². The number of hydrazone groups is 1. The van der Waals surface area contributed by atoms with Gasteiger partial charge in [-0.1, -0.05) is 16.8 Å². The maximum absolute atomic E-state index is 12.9. The topological polar surface area (TPSA) is 150 Å². The van der Waals surface area contributed by atoms with E-state index in [0.29, 0.717) is 22.2 Å². The summed E-state index contributed by atoms with van der Waals surface area (Å²) in [5, 5.41) is 20.1. The van der Waals surface area contributed by atoms with Crippen molar-refractivity contribution in [2.45, 2.75) is 17.6 Å². The number of pyridine rings is 1. The SMILES string of the molecule is C/C(=N/NC(=O)c1nnn(-c2nonc2N)c1CSc1ccc(Cl)cc1)c1ccncc1. The molecule has 0 radical (unpaired) electrons. The van der Waals surface area contributed by atoms with Crippen molar-refractivity contribution in [2.75, 3.05) is 5.73 Å². The van der Waals surface area contributed by atoms with Crippen molar-refractivity contribution in [3.05, 3.63) is 70.8 Å². The normalized spacial score (nSPS) is 11.5. The number of nitrogens with two attached hydrogens (primary N) is 1. The lowest BCUT2D eigenvalue weighted by Gasteiger charge is -2.06. The third kappa shape index (κ3) is 4.76. The van der Waals surface area contributed by atoms with Crippen LogP contribution in [0.1, 0.15) is 28.7 Å². The number of hydrogen-bond donors (Lipinski definition) is 2. The summed E-state index contributed by atoms with van der Waals surface area (Å²) in [6.07, 6.45) is 3.29. The number of nitrogens with zero attached hydrogens (tertiary/aromatic N) is 7. The molecule has 11 nitrogen and oxygen atoms in total. The van der Waals surface area contributed by atoms with Crippen molar-refractivity contribution >= 4 is 40.8 Å². The van der Waals surface area contributed by atoms with E-state index in [1.165, 1.54) is 16.4 Å². The zero-order valence-electron chi connectivity index (χ0n) is 16.6. The number of thioether (sulfide) groups is 1. The highest BCUT2D eigenvalue weighted by Gasteiger charge is 2.24. The highest BCUT2D eigenvalue weighted by atomic mass is 35.5. The van der Waals surface area contributed by atoms with Gasteiger partial charge in [-0.15, -0.1) is 16.9 Å². The molecule has 0 saturated heterocycles. The van der Waals surface area contributed by atoms with Gasteiger partial charge in [-0.3, -0.25) is 9.78 Å². The summed E-state index contributed by atoms with van der Waals surface area (Å²) < 4.78 is 5.99. The second kappa shape index (κ2) is 9.58. The molecule has 0 aliphatic heterocycles. The monoisotopic (exact) mass is 469 g/mol. The molecule has 162 valence electrons. The van der Waals surface area contributed by atoms with E-state index < -0.39 is 5.91 Å². The maximum atomic E-state index is 12.9. The van der Waals surface area contributed by atoms with Gasteiger partial charge >= 0.3 is 0 Å². The van der Waals surface area contributed by atoms with Gasteiger partial charge in [0.2, 0.25) is 11.6 Å². The van der Waals surface area contributed by atoms with Crippen LogP contribution in [0.25, 0.3) is 5.82 Å². The molecule has 3 aromatic heterocycles. The largest absolute Gasteiger partial charge is 0.378 e. The van der Waals surface area contributed by atoms with Gasteiger partial charge < -0.3 is 5.73 Å². The second-order valence-corrected chi connectivity index (χ2v) is 7.87. The van der Waals surface area contributed by atoms with E-state index in [9.17, 15) is 4.79 Å². The Labute approximate surface area is 191 Å². The number of hydrogen-bond acceptors (Lipinski definition) is 10. The van der Waals surface area contributed by atoms with E-state index in [-0.39, 0.29) is 17.3 Å². The van der Waals surface area contributed by atoms with Crippen molar-refractivity contribution in [1.29, 1.82) is 0 Å². The lowest BCUT2D eigenvalue weighted by atomic mass is 10.2.